The van der Waals surface area contributed by atoms with E-state index < -0.39 is 10.0 Å². The zero-order valence-corrected chi connectivity index (χ0v) is 12.1. The van der Waals surface area contributed by atoms with E-state index in [1.165, 1.54) is 16.6 Å². The van der Waals surface area contributed by atoms with Crippen molar-refractivity contribution in [2.24, 2.45) is 11.8 Å². The Morgan fingerprint density at radius 1 is 1.50 bits per heavy atom. The first-order chi connectivity index (χ1) is 8.43. The molecule has 0 radical (unpaired) electrons. The minimum Gasteiger partial charge on any atom is -0.243 e. The maximum Gasteiger partial charge on any atom is 0.246 e. The summed E-state index contributed by atoms with van der Waals surface area (Å²) in [5.74, 6) is 0.921. The highest BCUT2D eigenvalue weighted by Crippen LogP contribution is 2.30. The topological polar surface area (TPSA) is 50.3 Å². The first-order valence-corrected chi connectivity index (χ1v) is 7.85. The van der Waals surface area contributed by atoms with E-state index in [0.717, 1.165) is 6.42 Å². The van der Waals surface area contributed by atoms with Gasteiger partial charge in [-0.15, -0.1) is 0 Å². The fourth-order valence-corrected chi connectivity index (χ4v) is 4.16. The van der Waals surface area contributed by atoms with Gasteiger partial charge in [0, 0.05) is 19.3 Å². The van der Waals surface area contributed by atoms with Crippen molar-refractivity contribution in [3.05, 3.63) is 23.5 Å². The second-order valence-electron chi connectivity index (χ2n) is 4.95. The lowest BCUT2D eigenvalue weighted by molar-refractivity contribution is 0.388. The van der Waals surface area contributed by atoms with Crippen LogP contribution in [-0.4, -0.2) is 30.8 Å². The fraction of sp³-hybridized carbons (Fsp3) is 0.583. The highest BCUT2D eigenvalue weighted by molar-refractivity contribution is 7.89. The van der Waals surface area contributed by atoms with Crippen LogP contribution in [0.5, 0.6) is 0 Å². The Bertz CT molecular complexity index is 531. The summed E-state index contributed by atoms with van der Waals surface area (Å²) >= 11 is 5.87. The van der Waals surface area contributed by atoms with E-state index in [2.05, 4.69) is 18.8 Å². The number of rotatable bonds is 3. The summed E-state index contributed by atoms with van der Waals surface area (Å²) in [6, 6.07) is 3.10. The minimum atomic E-state index is -3.50. The molecule has 1 atom stereocenters. The third-order valence-electron chi connectivity index (χ3n) is 3.47. The van der Waals surface area contributed by atoms with Crippen LogP contribution >= 0.6 is 11.6 Å². The third kappa shape index (κ3) is 2.53. The molecule has 0 aliphatic carbocycles. The number of pyridine rings is 1. The zero-order valence-electron chi connectivity index (χ0n) is 10.5. The molecule has 1 unspecified atom stereocenters. The third-order valence-corrected chi connectivity index (χ3v) is 5.78. The van der Waals surface area contributed by atoms with Gasteiger partial charge in [0.15, 0.2) is 0 Å². The summed E-state index contributed by atoms with van der Waals surface area (Å²) < 4.78 is 26.4. The smallest absolute Gasteiger partial charge is 0.243 e. The van der Waals surface area contributed by atoms with E-state index in [1.807, 2.05) is 0 Å². The standard InChI is InChI=1S/C12H17ClN2O2S/c1-9(2)10-5-7-15(8-10)18(16,17)11-4-3-6-14-12(11)13/h3-4,6,9-10H,5,7-8H2,1-2H3. The van der Waals surface area contributed by atoms with Crippen molar-refractivity contribution in [3.63, 3.8) is 0 Å². The van der Waals surface area contributed by atoms with E-state index in [9.17, 15) is 8.42 Å². The summed E-state index contributed by atoms with van der Waals surface area (Å²) in [6.07, 6.45) is 2.40. The molecule has 1 aliphatic rings. The molecule has 4 nitrogen and oxygen atoms in total. The van der Waals surface area contributed by atoms with Crippen molar-refractivity contribution < 1.29 is 8.42 Å². The Morgan fingerprint density at radius 3 is 2.78 bits per heavy atom. The molecule has 1 aromatic heterocycles. The van der Waals surface area contributed by atoms with Crippen LogP contribution in [0.1, 0.15) is 20.3 Å². The second-order valence-corrected chi connectivity index (χ2v) is 7.21. The molecule has 1 aromatic rings. The molecular formula is C12H17ClN2O2S. The molecule has 1 fully saturated rings. The van der Waals surface area contributed by atoms with Crippen molar-refractivity contribution in [1.29, 1.82) is 0 Å². The van der Waals surface area contributed by atoms with E-state index in [4.69, 9.17) is 11.6 Å². The normalized spacial score (nSPS) is 21.7. The Morgan fingerprint density at radius 2 is 2.22 bits per heavy atom. The van der Waals surface area contributed by atoms with Gasteiger partial charge in [-0.3, -0.25) is 0 Å². The number of sulfonamides is 1. The van der Waals surface area contributed by atoms with E-state index in [-0.39, 0.29) is 10.0 Å². The van der Waals surface area contributed by atoms with Crippen LogP contribution in [0.3, 0.4) is 0 Å². The lowest BCUT2D eigenvalue weighted by Crippen LogP contribution is -2.29. The molecule has 0 saturated carbocycles. The molecule has 0 aromatic carbocycles. The maximum atomic E-state index is 12.4. The highest BCUT2D eigenvalue weighted by atomic mass is 35.5. The Balaban J connectivity index is 2.26. The van der Waals surface area contributed by atoms with Crippen molar-refractivity contribution in [1.82, 2.24) is 9.29 Å². The molecule has 2 rings (SSSR count). The predicted molar refractivity (Wildman–Crippen MR) is 71.0 cm³/mol. The van der Waals surface area contributed by atoms with Gasteiger partial charge in [-0.05, 0) is 30.4 Å². The van der Waals surface area contributed by atoms with Crippen LogP contribution < -0.4 is 0 Å². The molecule has 18 heavy (non-hydrogen) atoms. The van der Waals surface area contributed by atoms with E-state index in [0.29, 0.717) is 24.9 Å². The molecule has 1 aliphatic heterocycles. The van der Waals surface area contributed by atoms with Crippen molar-refractivity contribution >= 4 is 21.6 Å². The van der Waals surface area contributed by atoms with Crippen LogP contribution in [0.25, 0.3) is 0 Å². The van der Waals surface area contributed by atoms with Crippen LogP contribution in [0.4, 0.5) is 0 Å². The van der Waals surface area contributed by atoms with E-state index in [1.54, 1.807) is 6.07 Å². The first-order valence-electron chi connectivity index (χ1n) is 6.03. The molecule has 0 amide bonds. The Kier molecular flexibility index (Phi) is 3.94. The maximum absolute atomic E-state index is 12.4. The van der Waals surface area contributed by atoms with Crippen LogP contribution in [0.2, 0.25) is 5.15 Å². The predicted octanol–water partition coefficient (Wildman–Crippen LogP) is 2.40. The zero-order chi connectivity index (χ0) is 13.3. The van der Waals surface area contributed by atoms with Gasteiger partial charge in [0.25, 0.3) is 0 Å². The minimum absolute atomic E-state index is 0.0468. The molecule has 100 valence electrons. The first kappa shape index (κ1) is 13.8. The molecule has 6 heteroatoms. The number of hydrogen-bond acceptors (Lipinski definition) is 3. The van der Waals surface area contributed by atoms with Crippen molar-refractivity contribution in [2.75, 3.05) is 13.1 Å². The van der Waals surface area contributed by atoms with Gasteiger partial charge in [-0.2, -0.15) is 4.31 Å². The molecule has 2 heterocycles. The summed E-state index contributed by atoms with van der Waals surface area (Å²) in [5, 5.41) is 0.0468. The molecule has 0 N–H and O–H groups in total. The lowest BCUT2D eigenvalue weighted by atomic mass is 9.96. The summed E-state index contributed by atoms with van der Waals surface area (Å²) in [7, 11) is -3.50. The Labute approximate surface area is 113 Å². The number of aromatic nitrogens is 1. The fourth-order valence-electron chi connectivity index (χ4n) is 2.22. The second kappa shape index (κ2) is 5.15. The molecule has 0 bridgehead atoms. The van der Waals surface area contributed by atoms with Gasteiger partial charge in [-0.25, -0.2) is 13.4 Å². The molecular weight excluding hydrogens is 272 g/mol. The largest absolute Gasteiger partial charge is 0.246 e. The summed E-state index contributed by atoms with van der Waals surface area (Å²) in [6.45, 7) is 5.39. The SMILES string of the molecule is CC(C)C1CCN(S(=O)(=O)c2cccnc2Cl)C1. The van der Waals surface area contributed by atoms with Gasteiger partial charge in [0.1, 0.15) is 10.0 Å². The number of halogens is 1. The van der Waals surface area contributed by atoms with Crippen LogP contribution in [-0.2, 0) is 10.0 Å². The van der Waals surface area contributed by atoms with Gasteiger partial charge in [0.2, 0.25) is 10.0 Å². The van der Waals surface area contributed by atoms with Gasteiger partial charge in [-0.1, -0.05) is 25.4 Å². The summed E-state index contributed by atoms with van der Waals surface area (Å²) in [4.78, 5) is 3.94. The molecule has 1 saturated heterocycles. The van der Waals surface area contributed by atoms with Gasteiger partial charge < -0.3 is 0 Å². The Hall–Kier alpha value is -0.650. The lowest BCUT2D eigenvalue weighted by Gasteiger charge is -2.18. The monoisotopic (exact) mass is 288 g/mol. The highest BCUT2D eigenvalue weighted by Gasteiger charge is 2.34. The van der Waals surface area contributed by atoms with Crippen LogP contribution in [0.15, 0.2) is 23.2 Å². The number of hydrogen-bond donors (Lipinski definition) is 0. The average molecular weight is 289 g/mol. The van der Waals surface area contributed by atoms with Crippen LogP contribution in [0, 0.1) is 11.8 Å². The molecule has 0 spiro atoms. The summed E-state index contributed by atoms with van der Waals surface area (Å²) in [5.41, 5.74) is 0. The van der Waals surface area contributed by atoms with E-state index >= 15 is 0 Å². The number of nitrogens with zero attached hydrogens (tertiary/aromatic N) is 2. The van der Waals surface area contributed by atoms with Crippen molar-refractivity contribution in [3.8, 4) is 0 Å². The van der Waals surface area contributed by atoms with Crippen molar-refractivity contribution in [2.45, 2.75) is 25.2 Å². The van der Waals surface area contributed by atoms with Gasteiger partial charge in [0.05, 0.1) is 0 Å². The quantitative estimate of drug-likeness (QED) is 0.803. The van der Waals surface area contributed by atoms with Gasteiger partial charge >= 0.3 is 0 Å². The average Bonchev–Trinajstić information content (AvgIpc) is 2.79.